The zero-order valence-corrected chi connectivity index (χ0v) is 10.8. The second-order valence-corrected chi connectivity index (χ2v) is 4.81. The summed E-state index contributed by atoms with van der Waals surface area (Å²) in [6, 6.07) is 6.54. The van der Waals surface area contributed by atoms with Crippen LogP contribution < -0.4 is 0 Å². The molecule has 0 bridgehead atoms. The van der Waals surface area contributed by atoms with Gasteiger partial charge in [0.15, 0.2) is 0 Å². The van der Waals surface area contributed by atoms with Crippen LogP contribution in [0.4, 0.5) is 4.79 Å². The lowest BCUT2D eigenvalue weighted by molar-refractivity contribution is 0.138. The number of hydrogen-bond acceptors (Lipinski definition) is 3. The summed E-state index contributed by atoms with van der Waals surface area (Å²) in [7, 11) is 0. The largest absolute Gasteiger partial charge is 0.508 e. The highest BCUT2D eigenvalue weighted by Gasteiger charge is 2.32. The average Bonchev–Trinajstić information content (AvgIpc) is 3.07. The summed E-state index contributed by atoms with van der Waals surface area (Å²) in [5.41, 5.74) is 0.854. The first-order valence-corrected chi connectivity index (χ1v) is 6.49. The molecule has 0 aliphatic carbocycles. The number of imidazole rings is 1. The number of nitrogens with zero attached hydrogens (tertiary/aromatic N) is 3. The molecule has 1 saturated heterocycles. The van der Waals surface area contributed by atoms with Crippen LogP contribution in [0, 0.1) is 0 Å². The van der Waals surface area contributed by atoms with Gasteiger partial charge in [-0.05, 0) is 37.1 Å². The summed E-state index contributed by atoms with van der Waals surface area (Å²) in [6.07, 6.45) is 4.19. The van der Waals surface area contributed by atoms with Gasteiger partial charge in [-0.25, -0.2) is 9.78 Å². The summed E-state index contributed by atoms with van der Waals surface area (Å²) < 4.78 is 1.87. The summed E-state index contributed by atoms with van der Waals surface area (Å²) in [5, 5.41) is 18.6. The Morgan fingerprint density at radius 1 is 1.30 bits per heavy atom. The lowest BCUT2D eigenvalue weighted by Gasteiger charge is -2.22. The van der Waals surface area contributed by atoms with Crippen molar-refractivity contribution < 1.29 is 15.0 Å². The number of rotatable bonds is 2. The summed E-state index contributed by atoms with van der Waals surface area (Å²) in [4.78, 5) is 17.0. The van der Waals surface area contributed by atoms with Crippen LogP contribution in [0.5, 0.6) is 5.75 Å². The Hall–Kier alpha value is -2.50. The van der Waals surface area contributed by atoms with Crippen molar-refractivity contribution in [2.24, 2.45) is 0 Å². The second-order valence-electron chi connectivity index (χ2n) is 4.81. The van der Waals surface area contributed by atoms with Gasteiger partial charge in [0.25, 0.3) is 0 Å². The number of carboxylic acid groups (broad SMARTS) is 1. The van der Waals surface area contributed by atoms with Gasteiger partial charge < -0.3 is 14.8 Å². The first-order valence-electron chi connectivity index (χ1n) is 6.49. The Balaban J connectivity index is 1.98. The number of benzene rings is 1. The van der Waals surface area contributed by atoms with Crippen molar-refractivity contribution in [3.05, 3.63) is 42.5 Å². The molecule has 1 atom stereocenters. The third-order valence-electron chi connectivity index (χ3n) is 3.59. The lowest BCUT2D eigenvalue weighted by Crippen LogP contribution is -2.30. The number of carbonyl (C=O) groups is 1. The van der Waals surface area contributed by atoms with Gasteiger partial charge in [0.1, 0.15) is 11.6 Å². The molecule has 1 fully saturated rings. The van der Waals surface area contributed by atoms with Crippen molar-refractivity contribution in [3.8, 4) is 11.4 Å². The van der Waals surface area contributed by atoms with E-state index in [1.54, 1.807) is 36.7 Å². The topological polar surface area (TPSA) is 78.6 Å². The third-order valence-corrected chi connectivity index (χ3v) is 3.59. The number of hydrogen-bond donors (Lipinski definition) is 2. The Bertz CT molecular complexity index is 621. The van der Waals surface area contributed by atoms with Gasteiger partial charge in [-0.15, -0.1) is 0 Å². The number of phenolic OH excluding ortho intramolecular Hbond substituents is 1. The molecule has 6 nitrogen and oxygen atoms in total. The van der Waals surface area contributed by atoms with Crippen molar-refractivity contribution in [1.82, 2.24) is 14.5 Å². The van der Waals surface area contributed by atoms with Gasteiger partial charge in [-0.3, -0.25) is 4.90 Å². The van der Waals surface area contributed by atoms with Crippen LogP contribution in [0.1, 0.15) is 24.7 Å². The van der Waals surface area contributed by atoms with E-state index in [0.717, 1.165) is 24.4 Å². The van der Waals surface area contributed by atoms with E-state index in [0.29, 0.717) is 6.54 Å². The molecule has 6 heteroatoms. The number of amides is 1. The van der Waals surface area contributed by atoms with Crippen molar-refractivity contribution >= 4 is 6.09 Å². The fourth-order valence-electron chi connectivity index (χ4n) is 2.66. The van der Waals surface area contributed by atoms with Crippen LogP contribution in [-0.2, 0) is 0 Å². The standard InChI is InChI=1S/C14H15N3O3/c18-11-5-3-10(4-6-11)16-9-7-15-13(16)12-2-1-8-17(12)14(19)20/h3-7,9,12,18H,1-2,8H2,(H,19,20)/t12-/m0/s1. The maximum absolute atomic E-state index is 11.3. The maximum atomic E-state index is 11.3. The van der Waals surface area contributed by atoms with Crippen LogP contribution in [0.25, 0.3) is 5.69 Å². The Morgan fingerprint density at radius 3 is 2.75 bits per heavy atom. The molecular formula is C14H15N3O3. The highest BCUT2D eigenvalue weighted by molar-refractivity contribution is 5.66. The molecule has 104 valence electrons. The fraction of sp³-hybridized carbons (Fsp3) is 0.286. The summed E-state index contributed by atoms with van der Waals surface area (Å²) >= 11 is 0. The lowest BCUT2D eigenvalue weighted by atomic mass is 10.2. The normalized spacial score (nSPS) is 18.4. The number of phenols is 1. The Morgan fingerprint density at radius 2 is 2.05 bits per heavy atom. The zero-order chi connectivity index (χ0) is 14.1. The average molecular weight is 273 g/mol. The van der Waals surface area contributed by atoms with E-state index >= 15 is 0 Å². The molecule has 0 saturated carbocycles. The fourth-order valence-corrected chi connectivity index (χ4v) is 2.66. The van der Waals surface area contributed by atoms with Gasteiger partial charge in [0.2, 0.25) is 0 Å². The summed E-state index contributed by atoms with van der Waals surface area (Å²) in [5.74, 6) is 0.916. The molecule has 1 aliphatic heterocycles. The van der Waals surface area contributed by atoms with Gasteiger partial charge in [0.05, 0.1) is 6.04 Å². The minimum atomic E-state index is -0.909. The van der Waals surface area contributed by atoms with Crippen molar-refractivity contribution in [1.29, 1.82) is 0 Å². The molecule has 1 aromatic carbocycles. The Kier molecular flexibility index (Phi) is 3.06. The molecule has 0 radical (unpaired) electrons. The number of aromatic nitrogens is 2. The molecule has 2 heterocycles. The van der Waals surface area contributed by atoms with Crippen molar-refractivity contribution in [2.45, 2.75) is 18.9 Å². The van der Waals surface area contributed by atoms with Gasteiger partial charge >= 0.3 is 6.09 Å². The molecule has 3 rings (SSSR count). The van der Waals surface area contributed by atoms with E-state index < -0.39 is 6.09 Å². The minimum Gasteiger partial charge on any atom is -0.508 e. The molecule has 2 aromatic rings. The van der Waals surface area contributed by atoms with E-state index in [2.05, 4.69) is 4.98 Å². The number of likely N-dealkylation sites (tertiary alicyclic amines) is 1. The molecule has 1 amide bonds. The van der Waals surface area contributed by atoms with Gasteiger partial charge in [-0.1, -0.05) is 0 Å². The summed E-state index contributed by atoms with van der Waals surface area (Å²) in [6.45, 7) is 0.544. The predicted molar refractivity (Wildman–Crippen MR) is 71.9 cm³/mol. The molecule has 1 aliphatic rings. The SMILES string of the molecule is O=C(O)N1CCC[C@H]1c1nccn1-c1ccc(O)cc1. The second kappa shape index (κ2) is 4.88. The van der Waals surface area contributed by atoms with E-state index in [1.807, 2.05) is 4.57 Å². The van der Waals surface area contributed by atoms with Gasteiger partial charge in [-0.2, -0.15) is 0 Å². The molecule has 0 spiro atoms. The molecule has 0 unspecified atom stereocenters. The van der Waals surface area contributed by atoms with Gasteiger partial charge in [0, 0.05) is 24.6 Å². The Labute approximate surface area is 115 Å². The van der Waals surface area contributed by atoms with Crippen LogP contribution in [0.15, 0.2) is 36.7 Å². The third kappa shape index (κ3) is 2.09. The van der Waals surface area contributed by atoms with E-state index in [-0.39, 0.29) is 11.8 Å². The zero-order valence-electron chi connectivity index (χ0n) is 10.8. The van der Waals surface area contributed by atoms with Crippen LogP contribution >= 0.6 is 0 Å². The number of aromatic hydroxyl groups is 1. The smallest absolute Gasteiger partial charge is 0.407 e. The van der Waals surface area contributed by atoms with Crippen LogP contribution in [0.2, 0.25) is 0 Å². The predicted octanol–water partition coefficient (Wildman–Crippen LogP) is 2.39. The van der Waals surface area contributed by atoms with Crippen molar-refractivity contribution in [3.63, 3.8) is 0 Å². The molecular weight excluding hydrogens is 258 g/mol. The van der Waals surface area contributed by atoms with E-state index in [4.69, 9.17) is 0 Å². The van der Waals surface area contributed by atoms with Crippen LogP contribution in [-0.4, -0.2) is 37.3 Å². The van der Waals surface area contributed by atoms with Crippen molar-refractivity contribution in [2.75, 3.05) is 6.54 Å². The molecule has 20 heavy (non-hydrogen) atoms. The van der Waals surface area contributed by atoms with E-state index in [1.165, 1.54) is 4.90 Å². The highest BCUT2D eigenvalue weighted by Crippen LogP contribution is 2.32. The molecule has 2 N–H and O–H groups in total. The first kappa shape index (κ1) is 12.5. The van der Waals surface area contributed by atoms with E-state index in [9.17, 15) is 15.0 Å². The van der Waals surface area contributed by atoms with Crippen LogP contribution in [0.3, 0.4) is 0 Å². The monoisotopic (exact) mass is 273 g/mol. The highest BCUT2D eigenvalue weighted by atomic mass is 16.4. The maximum Gasteiger partial charge on any atom is 0.407 e. The minimum absolute atomic E-state index is 0.198. The first-order chi connectivity index (χ1) is 9.66. The quantitative estimate of drug-likeness (QED) is 0.880. The molecule has 1 aromatic heterocycles.